The van der Waals surface area contributed by atoms with Gasteiger partial charge in [0, 0.05) is 0 Å². The third-order valence-electron chi connectivity index (χ3n) is 1.16. The van der Waals surface area contributed by atoms with Crippen LogP contribution < -0.4 is 0 Å². The molecule has 0 N–H and O–H groups in total. The van der Waals surface area contributed by atoms with Gasteiger partial charge in [0.1, 0.15) is 9.84 Å². The lowest BCUT2D eigenvalue weighted by molar-refractivity contribution is 0.275. The summed E-state index contributed by atoms with van der Waals surface area (Å²) in [6.45, 7) is 0. The smallest absolute Gasteiger partial charge is 0.262 e. The van der Waals surface area contributed by atoms with Crippen molar-refractivity contribution in [1.29, 1.82) is 0 Å². The molecule has 0 amide bonds. The minimum absolute atomic E-state index is 0.424. The summed E-state index contributed by atoms with van der Waals surface area (Å²) in [5, 5.41) is 0. The number of sulfone groups is 1. The van der Waals surface area contributed by atoms with Gasteiger partial charge in [0.2, 0.25) is 0 Å². The lowest BCUT2D eigenvalue weighted by Gasteiger charge is -1.81. The maximum absolute atomic E-state index is 10.4. The molecule has 0 aromatic heterocycles. The minimum Gasteiger partial charge on any atom is -0.262 e. The number of halogens is 2. The summed E-state index contributed by atoms with van der Waals surface area (Å²) in [6.07, 6.45) is 1.75. The first-order chi connectivity index (χ1) is 4.94. The van der Waals surface area contributed by atoms with Crippen molar-refractivity contribution in [1.82, 2.24) is 0 Å². The van der Waals surface area contributed by atoms with Gasteiger partial charge in [-0.25, -0.2) is 8.42 Å². The van der Waals surface area contributed by atoms with E-state index in [0.717, 1.165) is 12.8 Å². The quantitative estimate of drug-likeness (QED) is 0.583. The Kier molecular flexibility index (Phi) is 5.04. The van der Waals surface area contributed by atoms with E-state index in [1.54, 1.807) is 0 Å². The zero-order valence-electron chi connectivity index (χ0n) is 5.72. The van der Waals surface area contributed by atoms with Crippen LogP contribution in [0.4, 0.5) is 4.79 Å². The predicted molar refractivity (Wildman–Crippen MR) is 45.0 cm³/mol. The van der Waals surface area contributed by atoms with Crippen LogP contribution in [0, 0.1) is 0 Å². The molecule has 0 atom stereocenters. The average Bonchev–Trinajstić information content (AvgIpc) is 2.11. The monoisotopic (exact) mass is 218 g/mol. The standard InChI is InChI=1S/C4H8O2S.CCl2O/c5-7(6)3-1-2-4-7;2-1(3)4/h1-4H2;. The molecule has 0 aromatic carbocycles. The Labute approximate surface area is 75.6 Å². The molecule has 0 bridgehead atoms. The molecule has 1 rings (SSSR count). The summed E-state index contributed by atoms with van der Waals surface area (Å²) in [4.78, 5) is 8.98. The molecule has 0 saturated carbocycles. The highest BCUT2D eigenvalue weighted by Gasteiger charge is 2.16. The van der Waals surface area contributed by atoms with E-state index in [0.29, 0.717) is 11.5 Å². The van der Waals surface area contributed by atoms with Gasteiger partial charge in [-0.15, -0.1) is 0 Å². The Hall–Kier alpha value is 0.200. The summed E-state index contributed by atoms with van der Waals surface area (Å²) >= 11 is 8.80. The lowest BCUT2D eigenvalue weighted by Crippen LogP contribution is -1.98. The van der Waals surface area contributed by atoms with Crippen LogP contribution in [0.5, 0.6) is 0 Å². The Bertz CT molecular complexity index is 206. The van der Waals surface area contributed by atoms with Crippen molar-refractivity contribution >= 4 is 37.7 Å². The Morgan fingerprint density at radius 1 is 1.09 bits per heavy atom. The number of hydrogen-bond donors (Lipinski definition) is 0. The van der Waals surface area contributed by atoms with Crippen molar-refractivity contribution in [3.63, 3.8) is 0 Å². The highest BCUT2D eigenvalue weighted by molar-refractivity contribution is 7.91. The van der Waals surface area contributed by atoms with E-state index < -0.39 is 14.5 Å². The highest BCUT2D eigenvalue weighted by Crippen LogP contribution is 2.08. The zero-order valence-corrected chi connectivity index (χ0v) is 8.05. The third-order valence-corrected chi connectivity index (χ3v) is 2.98. The van der Waals surface area contributed by atoms with Crippen LogP contribution in [0.25, 0.3) is 0 Å². The molecule has 1 aliphatic heterocycles. The van der Waals surface area contributed by atoms with Crippen LogP contribution in [-0.2, 0) is 9.84 Å². The third kappa shape index (κ3) is 8.10. The van der Waals surface area contributed by atoms with E-state index in [2.05, 4.69) is 23.2 Å². The second kappa shape index (κ2) is 4.95. The largest absolute Gasteiger partial charge is 0.313 e. The van der Waals surface area contributed by atoms with Crippen molar-refractivity contribution in [3.8, 4) is 0 Å². The minimum atomic E-state index is -2.55. The summed E-state index contributed by atoms with van der Waals surface area (Å²) in [5.74, 6) is 0.847. The van der Waals surface area contributed by atoms with Crippen LogP contribution in [0.2, 0.25) is 0 Å². The first kappa shape index (κ1) is 11.2. The second-order valence-corrected chi connectivity index (χ2v) is 5.27. The normalized spacial score (nSPS) is 20.2. The van der Waals surface area contributed by atoms with Crippen LogP contribution in [0.15, 0.2) is 0 Å². The molecule has 1 heterocycles. The van der Waals surface area contributed by atoms with Crippen LogP contribution in [0.1, 0.15) is 12.8 Å². The molecule has 0 radical (unpaired) electrons. The lowest BCUT2D eigenvalue weighted by atomic mass is 10.4. The van der Waals surface area contributed by atoms with Gasteiger partial charge in [-0.3, -0.25) is 4.79 Å². The fourth-order valence-electron chi connectivity index (χ4n) is 0.746. The maximum Gasteiger partial charge on any atom is 0.313 e. The van der Waals surface area contributed by atoms with Crippen LogP contribution in [-0.4, -0.2) is 24.6 Å². The van der Waals surface area contributed by atoms with Gasteiger partial charge in [0.05, 0.1) is 11.5 Å². The molecular formula is C5H8Cl2O3S. The summed E-state index contributed by atoms with van der Waals surface area (Å²) in [6, 6.07) is 0. The molecule has 0 spiro atoms. The summed E-state index contributed by atoms with van der Waals surface area (Å²) < 4.78 is 20.0. The molecule has 3 nitrogen and oxygen atoms in total. The number of hydrogen-bond acceptors (Lipinski definition) is 3. The van der Waals surface area contributed by atoms with E-state index in [4.69, 9.17) is 4.79 Å². The van der Waals surface area contributed by atoms with Crippen molar-refractivity contribution in [2.45, 2.75) is 12.8 Å². The SMILES string of the molecule is O=C(Cl)Cl.O=S1(=O)CCCC1. The van der Waals surface area contributed by atoms with E-state index >= 15 is 0 Å². The van der Waals surface area contributed by atoms with Crippen LogP contribution >= 0.6 is 23.2 Å². The Balaban J connectivity index is 0.000000218. The summed E-state index contributed by atoms with van der Waals surface area (Å²) in [5.41, 5.74) is 0. The van der Waals surface area contributed by atoms with Gasteiger partial charge >= 0.3 is 4.70 Å². The molecular weight excluding hydrogens is 211 g/mol. The number of carbonyl (C=O) groups excluding carboxylic acids is 1. The van der Waals surface area contributed by atoms with Gasteiger partial charge in [-0.05, 0) is 36.0 Å². The van der Waals surface area contributed by atoms with Gasteiger partial charge in [-0.1, -0.05) is 0 Å². The van der Waals surface area contributed by atoms with Crippen molar-refractivity contribution in [2.75, 3.05) is 11.5 Å². The maximum atomic E-state index is 10.4. The zero-order chi connectivity index (χ0) is 8.91. The van der Waals surface area contributed by atoms with Crippen LogP contribution in [0.3, 0.4) is 0 Å². The molecule has 1 aliphatic rings. The fraction of sp³-hybridized carbons (Fsp3) is 0.800. The van der Waals surface area contributed by atoms with Gasteiger partial charge in [-0.2, -0.15) is 0 Å². The highest BCUT2D eigenvalue weighted by atomic mass is 35.5. The Morgan fingerprint density at radius 2 is 1.36 bits per heavy atom. The van der Waals surface area contributed by atoms with Gasteiger partial charge in [0.25, 0.3) is 0 Å². The first-order valence-electron chi connectivity index (χ1n) is 2.99. The molecule has 66 valence electrons. The molecule has 0 aromatic rings. The molecule has 1 fully saturated rings. The van der Waals surface area contributed by atoms with Crippen molar-refractivity contribution in [2.24, 2.45) is 0 Å². The number of carbonyl (C=O) groups is 1. The topological polar surface area (TPSA) is 51.2 Å². The predicted octanol–water partition coefficient (Wildman–Crippen LogP) is 1.78. The Morgan fingerprint density at radius 3 is 1.45 bits per heavy atom. The van der Waals surface area contributed by atoms with E-state index in [-0.39, 0.29) is 0 Å². The van der Waals surface area contributed by atoms with Gasteiger partial charge < -0.3 is 0 Å². The fourth-order valence-corrected chi connectivity index (χ4v) is 2.24. The average molecular weight is 219 g/mol. The van der Waals surface area contributed by atoms with Gasteiger partial charge in [0.15, 0.2) is 0 Å². The van der Waals surface area contributed by atoms with Crippen molar-refractivity contribution < 1.29 is 13.2 Å². The second-order valence-electron chi connectivity index (χ2n) is 2.08. The number of rotatable bonds is 0. The molecule has 0 unspecified atom stereocenters. The molecule has 11 heavy (non-hydrogen) atoms. The van der Waals surface area contributed by atoms with Crippen molar-refractivity contribution in [3.05, 3.63) is 0 Å². The van der Waals surface area contributed by atoms with E-state index in [1.807, 2.05) is 0 Å². The van der Waals surface area contributed by atoms with E-state index in [1.165, 1.54) is 0 Å². The molecule has 0 aliphatic carbocycles. The molecule has 1 saturated heterocycles. The van der Waals surface area contributed by atoms with E-state index in [9.17, 15) is 8.42 Å². The summed E-state index contributed by atoms with van der Waals surface area (Å²) in [7, 11) is -2.55. The molecule has 6 heteroatoms. The first-order valence-corrected chi connectivity index (χ1v) is 5.57.